The molecule has 55 heavy (non-hydrogen) atoms. The Morgan fingerprint density at radius 2 is 0.855 bits per heavy atom. The third kappa shape index (κ3) is 5.79. The molecule has 0 saturated carbocycles. The maximum Gasteiger partial charge on any atom is 0.113 e. The van der Waals surface area contributed by atoms with Gasteiger partial charge in [-0.3, -0.25) is 4.57 Å². The largest absolute Gasteiger partial charge is 0.296 e. The summed E-state index contributed by atoms with van der Waals surface area (Å²) in [6.07, 6.45) is 0. The molecule has 8 rings (SSSR count). The molecule has 26 radical (unpaired) electrons. The smallest absolute Gasteiger partial charge is 0.113 e. The molecule has 7 aromatic carbocycles. The van der Waals surface area contributed by atoms with Gasteiger partial charge in [0.15, 0.2) is 0 Å². The number of nitrogens with zero attached hydrogens (tertiary/aromatic N) is 2. The van der Waals surface area contributed by atoms with Crippen LogP contribution in [0.3, 0.4) is 0 Å². The van der Waals surface area contributed by atoms with Crippen LogP contribution in [0.25, 0.3) is 71.6 Å². The number of hydrogen-bond donors (Lipinski definition) is 0. The van der Waals surface area contributed by atoms with E-state index in [0.29, 0.717) is 27.8 Å². The van der Waals surface area contributed by atoms with Gasteiger partial charge in [-0.25, -0.2) is 4.98 Å². The molecule has 1 heterocycles. The van der Waals surface area contributed by atoms with Crippen LogP contribution >= 0.6 is 0 Å². The zero-order valence-corrected chi connectivity index (χ0v) is 29.6. The first kappa shape index (κ1) is 37.3. The highest BCUT2D eigenvalue weighted by molar-refractivity contribution is 6.70. The molecule has 0 spiro atoms. The van der Waals surface area contributed by atoms with Gasteiger partial charge in [0.1, 0.15) is 78.5 Å². The molecular formula is C40H15B13N2. The van der Waals surface area contributed by atoms with Gasteiger partial charge in [0.2, 0.25) is 0 Å². The lowest BCUT2D eigenvalue weighted by atomic mass is 9.42. The summed E-state index contributed by atoms with van der Waals surface area (Å²) in [4.78, 5) is 4.81. The van der Waals surface area contributed by atoms with Gasteiger partial charge in [-0.2, -0.15) is 0 Å². The van der Waals surface area contributed by atoms with Crippen LogP contribution < -0.4 is 54.6 Å². The molecule has 0 aliphatic heterocycles. The molecular weight excluding hydrogens is 649 g/mol. The van der Waals surface area contributed by atoms with Gasteiger partial charge in [-0.05, 0) is 68.4 Å². The van der Waals surface area contributed by atoms with Crippen LogP contribution in [-0.4, -0.2) is 112 Å². The lowest BCUT2D eigenvalue weighted by Gasteiger charge is -2.26. The number of rotatable bonds is 5. The minimum Gasteiger partial charge on any atom is -0.296 e. The topological polar surface area (TPSA) is 17.8 Å². The summed E-state index contributed by atoms with van der Waals surface area (Å²) in [7, 11) is 83.2. The third-order valence-electron chi connectivity index (χ3n) is 10.3. The SMILES string of the molecule is [B]c1c([B])c([B])c(-c2cccc(-c3c4ccccc4c(-n4c(C([B])([B])[B])nc5ccccc54)c4ccc(-c5c([B])c([B])c([B])c([B])c5[B])cc34)c2)c([B])c1[B]. The molecule has 0 N–H and O–H groups in total. The Morgan fingerprint density at radius 1 is 0.400 bits per heavy atom. The highest BCUT2D eigenvalue weighted by Gasteiger charge is 2.27. The van der Waals surface area contributed by atoms with E-state index in [1.807, 2.05) is 95.6 Å². The first-order valence-corrected chi connectivity index (χ1v) is 17.1. The van der Waals surface area contributed by atoms with E-state index < -0.39 is 5.11 Å². The van der Waals surface area contributed by atoms with Gasteiger partial charge in [-0.15, -0.1) is 32.8 Å². The van der Waals surface area contributed by atoms with Crippen molar-refractivity contribution in [3.63, 3.8) is 0 Å². The molecule has 8 aromatic rings. The molecule has 0 bridgehead atoms. The Balaban J connectivity index is 1.55. The number of aromatic nitrogens is 2. The van der Waals surface area contributed by atoms with Crippen molar-refractivity contribution in [2.45, 2.75) is 5.11 Å². The Morgan fingerprint density at radius 3 is 1.42 bits per heavy atom. The quantitative estimate of drug-likeness (QED) is 0.141. The zero-order chi connectivity index (χ0) is 39.2. The highest BCUT2D eigenvalue weighted by atomic mass is 15.1. The van der Waals surface area contributed by atoms with E-state index >= 15 is 0 Å². The summed E-state index contributed by atoms with van der Waals surface area (Å²) in [5, 5.41) is 1.44. The Kier molecular flexibility index (Phi) is 9.18. The van der Waals surface area contributed by atoms with Crippen LogP contribution in [0, 0.1) is 0 Å². The summed E-state index contributed by atoms with van der Waals surface area (Å²) in [5.74, 6) is 0.246. The summed E-state index contributed by atoms with van der Waals surface area (Å²) in [5.41, 5.74) is 7.57. The van der Waals surface area contributed by atoms with Crippen LogP contribution in [0.15, 0.2) is 91.0 Å². The second-order valence-corrected chi connectivity index (χ2v) is 13.7. The fourth-order valence-electron chi connectivity index (χ4n) is 7.56. The molecule has 0 fully saturated rings. The molecule has 0 aliphatic carbocycles. The van der Waals surface area contributed by atoms with Crippen molar-refractivity contribution in [1.82, 2.24) is 9.55 Å². The minimum absolute atomic E-state index is 0.112. The highest BCUT2D eigenvalue weighted by Crippen LogP contribution is 2.44. The van der Waals surface area contributed by atoms with Crippen LogP contribution in [0.1, 0.15) is 5.82 Å². The summed E-state index contributed by atoms with van der Waals surface area (Å²) in [6, 6.07) is 29.1. The molecule has 224 valence electrons. The van der Waals surface area contributed by atoms with E-state index in [-0.39, 0.29) is 60.5 Å². The monoisotopic (exact) mass is 666 g/mol. The van der Waals surface area contributed by atoms with E-state index in [0.717, 1.165) is 43.9 Å². The lowest BCUT2D eigenvalue weighted by Crippen LogP contribution is -2.55. The lowest BCUT2D eigenvalue weighted by molar-refractivity contribution is 0.939. The molecule has 0 aliphatic rings. The third-order valence-corrected chi connectivity index (χ3v) is 10.3. The summed E-state index contributed by atoms with van der Waals surface area (Å²) in [6.45, 7) is 0. The second-order valence-electron chi connectivity index (χ2n) is 13.7. The Labute approximate surface area is 338 Å². The normalized spacial score (nSPS) is 11.9. The van der Waals surface area contributed by atoms with Crippen LogP contribution in [0.4, 0.5) is 0 Å². The molecule has 0 unspecified atom stereocenters. The molecule has 0 amide bonds. The first-order chi connectivity index (χ1) is 26.1. The Bertz CT molecular complexity index is 2870. The van der Waals surface area contributed by atoms with Crippen molar-refractivity contribution in [3.05, 3.63) is 96.8 Å². The van der Waals surface area contributed by atoms with E-state index in [9.17, 15) is 0 Å². The maximum atomic E-state index is 6.61. The van der Waals surface area contributed by atoms with E-state index in [4.69, 9.17) is 107 Å². The number of benzene rings is 7. The van der Waals surface area contributed by atoms with Crippen molar-refractivity contribution < 1.29 is 0 Å². The van der Waals surface area contributed by atoms with Gasteiger partial charge >= 0.3 is 0 Å². The van der Waals surface area contributed by atoms with Crippen molar-refractivity contribution in [1.29, 1.82) is 0 Å². The van der Waals surface area contributed by atoms with Gasteiger partial charge in [0, 0.05) is 10.8 Å². The average Bonchev–Trinajstić information content (AvgIpc) is 3.57. The number of imidazole rings is 1. The number of hydrogen-bond acceptors (Lipinski definition) is 1. The van der Waals surface area contributed by atoms with Crippen LogP contribution in [0.2, 0.25) is 0 Å². The van der Waals surface area contributed by atoms with Crippen molar-refractivity contribution in [2.75, 3.05) is 0 Å². The van der Waals surface area contributed by atoms with Crippen molar-refractivity contribution in [3.8, 4) is 39.1 Å². The van der Waals surface area contributed by atoms with Gasteiger partial charge in [-0.1, -0.05) is 93.7 Å². The zero-order valence-electron chi connectivity index (χ0n) is 29.6. The van der Waals surface area contributed by atoms with E-state index in [1.54, 1.807) is 0 Å². The predicted octanol–water partition coefficient (Wildman–Crippen LogP) is -3.11. The van der Waals surface area contributed by atoms with E-state index in [1.165, 1.54) is 0 Å². The van der Waals surface area contributed by atoms with E-state index in [2.05, 4.69) is 0 Å². The fraction of sp³-hybridized carbons (Fsp3) is 0.0250. The molecule has 2 nitrogen and oxygen atoms in total. The standard InChI is InChI=1S/C40H15B13N2/c41-28-26(29(42)33(46)36(49)32(28)45)17-7-5-6-16(14-17)25-19-8-1-2-9-20(19)38(55-24-11-4-3-10-23(24)54-39(55)40(51,52)53)21-13-12-18(15-22(21)25)27-30(43)34(47)37(50)35(48)31(27)44/h1-15H. The molecule has 1 aromatic heterocycles. The van der Waals surface area contributed by atoms with Crippen LogP contribution in [-0.2, 0) is 5.11 Å². The molecule has 0 atom stereocenters. The molecule has 15 heteroatoms. The maximum absolute atomic E-state index is 6.61. The Hall–Kier alpha value is -4.63. The van der Waals surface area contributed by atoms with Crippen molar-refractivity contribution >= 4 is 189 Å². The number of fused-ring (bicyclic) bond motifs is 3. The fourth-order valence-corrected chi connectivity index (χ4v) is 7.56. The van der Waals surface area contributed by atoms with Gasteiger partial charge in [0.05, 0.1) is 46.1 Å². The first-order valence-electron chi connectivity index (χ1n) is 17.1. The summed E-state index contributed by atoms with van der Waals surface area (Å²) < 4.78 is 1.91. The molecule has 0 saturated heterocycles. The number of para-hydroxylation sites is 2. The van der Waals surface area contributed by atoms with Gasteiger partial charge < -0.3 is 0 Å². The second kappa shape index (κ2) is 13.5. The minimum atomic E-state index is -1.82. The van der Waals surface area contributed by atoms with Gasteiger partial charge in [0.25, 0.3) is 0 Å². The van der Waals surface area contributed by atoms with Crippen molar-refractivity contribution in [2.24, 2.45) is 0 Å². The predicted molar refractivity (Wildman–Crippen MR) is 245 cm³/mol. The summed E-state index contributed by atoms with van der Waals surface area (Å²) >= 11 is 0. The average molecular weight is 664 g/mol. The van der Waals surface area contributed by atoms with Crippen LogP contribution in [0.5, 0.6) is 0 Å².